The van der Waals surface area contributed by atoms with Crippen LogP contribution in [0.2, 0.25) is 0 Å². The van der Waals surface area contributed by atoms with Crippen molar-refractivity contribution in [1.29, 1.82) is 0 Å². The number of rotatable bonds is 3. The van der Waals surface area contributed by atoms with Crippen LogP contribution in [-0.4, -0.2) is 43.1 Å². The predicted molar refractivity (Wildman–Crippen MR) is 83.5 cm³/mol. The standard InChI is InChI=1S/C13H18N2O4S2/c1-8-6-15(7-9(2)20-8)12-4-3-10(21(14,18)19)5-11(12)13(16)17/h3-5,8-9H,6-7H2,1-2H3,(H,16,17)(H2,14,18,19). The molecular formula is C13H18N2O4S2. The average Bonchev–Trinajstić information content (AvgIpc) is 2.35. The molecule has 1 aromatic rings. The van der Waals surface area contributed by atoms with Crippen molar-refractivity contribution in [3.8, 4) is 0 Å². The van der Waals surface area contributed by atoms with Gasteiger partial charge in [0.15, 0.2) is 0 Å². The van der Waals surface area contributed by atoms with Gasteiger partial charge in [-0.2, -0.15) is 11.8 Å². The fourth-order valence-electron chi connectivity index (χ4n) is 2.51. The molecule has 0 spiro atoms. The van der Waals surface area contributed by atoms with Crippen molar-refractivity contribution in [3.05, 3.63) is 23.8 Å². The zero-order valence-electron chi connectivity index (χ0n) is 11.8. The van der Waals surface area contributed by atoms with Crippen molar-refractivity contribution in [2.45, 2.75) is 29.2 Å². The molecule has 0 aromatic heterocycles. The monoisotopic (exact) mass is 330 g/mol. The van der Waals surface area contributed by atoms with Crippen molar-refractivity contribution in [2.75, 3.05) is 18.0 Å². The maximum atomic E-state index is 11.4. The number of carbonyl (C=O) groups is 1. The Morgan fingerprint density at radius 3 is 2.38 bits per heavy atom. The summed E-state index contributed by atoms with van der Waals surface area (Å²) in [5, 5.41) is 15.2. The second-order valence-electron chi connectivity index (χ2n) is 5.19. The Morgan fingerprint density at radius 2 is 1.90 bits per heavy atom. The molecule has 3 N–H and O–H groups in total. The van der Waals surface area contributed by atoms with Gasteiger partial charge in [0.1, 0.15) is 0 Å². The number of nitrogens with two attached hydrogens (primary N) is 1. The Morgan fingerprint density at radius 1 is 1.33 bits per heavy atom. The summed E-state index contributed by atoms with van der Waals surface area (Å²) in [6.45, 7) is 5.63. The van der Waals surface area contributed by atoms with Crippen LogP contribution in [-0.2, 0) is 10.0 Å². The summed E-state index contributed by atoms with van der Waals surface area (Å²) >= 11 is 1.86. The SMILES string of the molecule is CC1CN(c2ccc(S(N)(=O)=O)cc2C(=O)O)CC(C)S1. The lowest BCUT2D eigenvalue weighted by Gasteiger charge is -2.36. The van der Waals surface area contributed by atoms with Crippen LogP contribution in [0.25, 0.3) is 0 Å². The number of sulfonamides is 1. The molecule has 6 nitrogen and oxygen atoms in total. The average molecular weight is 330 g/mol. The van der Waals surface area contributed by atoms with Gasteiger partial charge < -0.3 is 10.0 Å². The molecule has 0 aliphatic carbocycles. The highest BCUT2D eigenvalue weighted by atomic mass is 32.2. The maximum Gasteiger partial charge on any atom is 0.337 e. The molecule has 116 valence electrons. The predicted octanol–water partition coefficient (Wildman–Crippen LogP) is 1.36. The summed E-state index contributed by atoms with van der Waals surface area (Å²) in [4.78, 5) is 13.2. The highest BCUT2D eigenvalue weighted by Gasteiger charge is 2.26. The van der Waals surface area contributed by atoms with Crippen LogP contribution in [0.1, 0.15) is 24.2 Å². The van der Waals surface area contributed by atoms with Crippen LogP contribution in [0.3, 0.4) is 0 Å². The minimum absolute atomic E-state index is 0.0344. The molecule has 1 aromatic carbocycles. The van der Waals surface area contributed by atoms with Crippen molar-refractivity contribution in [1.82, 2.24) is 0 Å². The van der Waals surface area contributed by atoms with E-state index < -0.39 is 16.0 Å². The third-order valence-electron chi connectivity index (χ3n) is 3.29. The zero-order chi connectivity index (χ0) is 15.8. The van der Waals surface area contributed by atoms with E-state index in [1.807, 2.05) is 16.7 Å². The molecule has 0 amide bonds. The summed E-state index contributed by atoms with van der Waals surface area (Å²) in [7, 11) is -3.91. The van der Waals surface area contributed by atoms with Gasteiger partial charge >= 0.3 is 5.97 Å². The first-order valence-electron chi connectivity index (χ1n) is 6.49. The summed E-state index contributed by atoms with van der Waals surface area (Å²) in [6, 6.07) is 4.01. The first-order chi connectivity index (χ1) is 9.68. The van der Waals surface area contributed by atoms with Crippen molar-refractivity contribution in [2.24, 2.45) is 5.14 Å². The third kappa shape index (κ3) is 3.69. The van der Waals surface area contributed by atoms with Gasteiger partial charge in [-0.1, -0.05) is 13.8 Å². The number of primary sulfonamides is 1. The Labute approximate surface area is 128 Å². The van der Waals surface area contributed by atoms with Gasteiger partial charge in [-0.3, -0.25) is 0 Å². The summed E-state index contributed by atoms with van der Waals surface area (Å²) < 4.78 is 22.7. The number of nitrogens with zero attached hydrogens (tertiary/aromatic N) is 1. The van der Waals surface area contributed by atoms with E-state index in [0.29, 0.717) is 16.2 Å². The summed E-state index contributed by atoms with van der Waals surface area (Å²) in [5.41, 5.74) is 0.502. The molecular weight excluding hydrogens is 312 g/mol. The Hall–Kier alpha value is -1.25. The molecule has 8 heteroatoms. The van der Waals surface area contributed by atoms with E-state index in [-0.39, 0.29) is 10.5 Å². The van der Waals surface area contributed by atoms with Crippen molar-refractivity contribution >= 4 is 33.4 Å². The molecule has 21 heavy (non-hydrogen) atoms. The van der Waals surface area contributed by atoms with E-state index >= 15 is 0 Å². The normalized spacial score (nSPS) is 23.1. The number of hydrogen-bond acceptors (Lipinski definition) is 5. The van der Waals surface area contributed by atoms with E-state index in [4.69, 9.17) is 5.14 Å². The molecule has 1 fully saturated rings. The second kappa shape index (κ2) is 5.86. The molecule has 0 bridgehead atoms. The Bertz CT molecular complexity index is 650. The number of aromatic carboxylic acids is 1. The quantitative estimate of drug-likeness (QED) is 0.868. The number of anilines is 1. The van der Waals surface area contributed by atoms with Crippen molar-refractivity contribution < 1.29 is 18.3 Å². The molecule has 1 heterocycles. The van der Waals surface area contributed by atoms with Gasteiger partial charge in [-0.25, -0.2) is 18.4 Å². The molecule has 2 atom stereocenters. The van der Waals surface area contributed by atoms with Gasteiger partial charge in [0, 0.05) is 23.6 Å². The number of benzene rings is 1. The smallest absolute Gasteiger partial charge is 0.337 e. The third-order valence-corrected chi connectivity index (χ3v) is 5.43. The molecule has 1 aliphatic heterocycles. The molecule has 1 aliphatic rings. The van der Waals surface area contributed by atoms with Crippen LogP contribution in [0, 0.1) is 0 Å². The highest BCUT2D eigenvalue weighted by molar-refractivity contribution is 8.00. The molecule has 0 saturated carbocycles. The van der Waals surface area contributed by atoms with Gasteiger partial charge in [0.25, 0.3) is 0 Å². The topological polar surface area (TPSA) is 101 Å². The van der Waals surface area contributed by atoms with E-state index in [1.165, 1.54) is 12.1 Å². The fourth-order valence-corrected chi connectivity index (χ4v) is 4.38. The van der Waals surface area contributed by atoms with Crippen LogP contribution in [0.15, 0.2) is 23.1 Å². The largest absolute Gasteiger partial charge is 0.478 e. The van der Waals surface area contributed by atoms with Crippen LogP contribution in [0.4, 0.5) is 5.69 Å². The van der Waals surface area contributed by atoms with E-state index in [1.54, 1.807) is 0 Å². The Kier molecular flexibility index (Phi) is 4.50. The van der Waals surface area contributed by atoms with Crippen LogP contribution < -0.4 is 10.0 Å². The highest BCUT2D eigenvalue weighted by Crippen LogP contribution is 2.31. The lowest BCUT2D eigenvalue weighted by molar-refractivity contribution is 0.0697. The van der Waals surface area contributed by atoms with Gasteiger partial charge in [0.2, 0.25) is 10.0 Å². The van der Waals surface area contributed by atoms with Crippen molar-refractivity contribution in [3.63, 3.8) is 0 Å². The number of thioether (sulfide) groups is 1. The van der Waals surface area contributed by atoms with E-state index in [0.717, 1.165) is 19.2 Å². The van der Waals surface area contributed by atoms with Crippen LogP contribution in [0.5, 0.6) is 0 Å². The van der Waals surface area contributed by atoms with Gasteiger partial charge in [-0.15, -0.1) is 0 Å². The van der Waals surface area contributed by atoms with Gasteiger partial charge in [0.05, 0.1) is 16.1 Å². The fraction of sp³-hybridized carbons (Fsp3) is 0.462. The lowest BCUT2D eigenvalue weighted by atomic mass is 10.1. The summed E-state index contributed by atoms with van der Waals surface area (Å²) in [6.07, 6.45) is 0. The minimum Gasteiger partial charge on any atom is -0.478 e. The van der Waals surface area contributed by atoms with E-state index in [9.17, 15) is 18.3 Å². The Balaban J connectivity index is 2.46. The zero-order valence-corrected chi connectivity index (χ0v) is 13.4. The number of carboxylic acid groups (broad SMARTS) is 1. The minimum atomic E-state index is -3.91. The molecule has 2 rings (SSSR count). The number of hydrogen-bond donors (Lipinski definition) is 2. The number of carboxylic acids is 1. The first kappa shape index (κ1) is 16.1. The van der Waals surface area contributed by atoms with E-state index in [2.05, 4.69) is 13.8 Å². The second-order valence-corrected chi connectivity index (χ2v) is 8.63. The molecule has 2 unspecified atom stereocenters. The summed E-state index contributed by atoms with van der Waals surface area (Å²) in [5.74, 6) is -1.16. The van der Waals surface area contributed by atoms with Gasteiger partial charge in [-0.05, 0) is 18.2 Å². The maximum absolute atomic E-state index is 11.4. The van der Waals surface area contributed by atoms with Crippen LogP contribution >= 0.6 is 11.8 Å². The first-order valence-corrected chi connectivity index (χ1v) is 8.98. The lowest BCUT2D eigenvalue weighted by Crippen LogP contribution is -2.41. The molecule has 1 saturated heterocycles. The molecule has 0 radical (unpaired) electrons.